The maximum Gasteiger partial charge on any atom is 0.332 e. The van der Waals surface area contributed by atoms with Crippen LogP contribution in [-0.2, 0) is 33.4 Å². The van der Waals surface area contributed by atoms with Gasteiger partial charge in [0.15, 0.2) is 5.78 Å². The third kappa shape index (κ3) is 10.0. The molecule has 1 aliphatic heterocycles. The molecule has 3 aliphatic carbocycles. The maximum absolute atomic E-state index is 13.5. The second-order valence-corrected chi connectivity index (χ2v) is 13.1. The van der Waals surface area contributed by atoms with Crippen LogP contribution in [0.2, 0.25) is 0 Å². The Balaban J connectivity index is 1.52. The summed E-state index contributed by atoms with van der Waals surface area (Å²) in [5.41, 5.74) is -0.190. The van der Waals surface area contributed by atoms with Gasteiger partial charge in [-0.15, -0.1) is 0 Å². The largest absolute Gasteiger partial charge is 0.460 e. The van der Waals surface area contributed by atoms with Crippen LogP contribution in [0.3, 0.4) is 0 Å². The molecule has 10 heteroatoms. The van der Waals surface area contributed by atoms with Crippen molar-refractivity contribution in [1.82, 2.24) is 10.6 Å². The third-order valence-corrected chi connectivity index (χ3v) is 9.43. The average molecular weight is 649 g/mol. The molecule has 0 aromatic carbocycles. The number of hydrogen-bond acceptors (Lipinski definition) is 8. The van der Waals surface area contributed by atoms with E-state index < -0.39 is 53.2 Å². The number of ether oxygens (including phenoxy) is 2. The molecule has 3 N–H and O–H groups in total. The topological polar surface area (TPSA) is 148 Å². The number of ketones is 2. The molecule has 10 nitrogen and oxygen atoms in total. The van der Waals surface area contributed by atoms with Gasteiger partial charge in [0.1, 0.15) is 11.6 Å². The summed E-state index contributed by atoms with van der Waals surface area (Å²) < 4.78 is 11.4. The Kier molecular flexibility index (Phi) is 12.8. The Bertz CT molecular complexity index is 1390. The normalized spacial score (nSPS) is 31.0. The standard InChI is InChI=1S/C37H48N2O8/c1-24-13-12-16-27-21-28(40)22-30(34(27)43)38-32(41)23-29(46-3)17-10-5-4-6-11-18-31(25(2)33(24)42)47-36(45)37(19-20-37)39-35(44)26-14-8-7-9-15-26/h4-6,10-11,13,17,21-22,25-26,29,31,33,42H,7-9,12,14-16,18-20,23H2,1-3H3,(H,38,41)(H,39,44)/b5-4+,11-6+,17-10+,24-13-/t25-,29+,31+,33-/m1/s1. The highest BCUT2D eigenvalue weighted by molar-refractivity contribution is 6.21. The number of hydrogen-bond donors (Lipinski definition) is 3. The van der Waals surface area contributed by atoms with Crippen molar-refractivity contribution in [3.05, 3.63) is 71.5 Å². The van der Waals surface area contributed by atoms with Gasteiger partial charge in [0.05, 0.1) is 24.3 Å². The molecular formula is C37H48N2O8. The number of esters is 1. The van der Waals surface area contributed by atoms with Crippen molar-refractivity contribution < 1.29 is 38.6 Å². The molecule has 0 radical (unpaired) electrons. The van der Waals surface area contributed by atoms with Gasteiger partial charge in [0.2, 0.25) is 17.6 Å². The number of allylic oxidation sites excluding steroid dienone is 8. The Morgan fingerprint density at radius 3 is 2.45 bits per heavy atom. The summed E-state index contributed by atoms with van der Waals surface area (Å²) in [6, 6.07) is 0. The molecule has 2 fully saturated rings. The van der Waals surface area contributed by atoms with Crippen molar-refractivity contribution in [2.45, 2.75) is 108 Å². The molecule has 254 valence electrons. The highest BCUT2D eigenvalue weighted by Crippen LogP contribution is 2.39. The molecule has 2 saturated carbocycles. The molecule has 4 aliphatic rings. The van der Waals surface area contributed by atoms with Gasteiger partial charge >= 0.3 is 5.97 Å². The zero-order valence-corrected chi connectivity index (χ0v) is 27.7. The summed E-state index contributed by atoms with van der Waals surface area (Å²) in [6.07, 6.45) is 19.4. The SMILES string of the molecule is CO[C@H]1/C=C/C=C/C=C/C[C@H](OC(=O)C2(NC(=O)C3CCCCC3)CC2)[C@@H](C)[C@H](O)/C(C)=C\CCC2=CC(=O)C=C(NC(=O)C1)C2=O. The van der Waals surface area contributed by atoms with Crippen molar-refractivity contribution in [3.63, 3.8) is 0 Å². The Labute approximate surface area is 277 Å². The first-order chi connectivity index (χ1) is 22.5. The van der Waals surface area contributed by atoms with Gasteiger partial charge in [-0.2, -0.15) is 0 Å². The van der Waals surface area contributed by atoms with Gasteiger partial charge < -0.3 is 25.2 Å². The minimum atomic E-state index is -1.01. The van der Waals surface area contributed by atoms with Crippen LogP contribution < -0.4 is 10.6 Å². The van der Waals surface area contributed by atoms with Crippen LogP contribution in [0, 0.1) is 11.8 Å². The summed E-state index contributed by atoms with van der Waals surface area (Å²) in [7, 11) is 1.47. The van der Waals surface area contributed by atoms with E-state index in [1.54, 1.807) is 37.3 Å². The number of Topliss-reactive ketones (excluding diaryl/α,β-unsaturated/α-hetero) is 1. The molecule has 0 unspecified atom stereocenters. The molecule has 0 spiro atoms. The molecule has 0 aromatic rings. The first-order valence-electron chi connectivity index (χ1n) is 16.7. The van der Waals surface area contributed by atoms with Crippen LogP contribution in [0.15, 0.2) is 71.5 Å². The number of fused-ring (bicyclic) bond motifs is 2. The van der Waals surface area contributed by atoms with Gasteiger partial charge in [0, 0.05) is 37.0 Å². The molecule has 47 heavy (non-hydrogen) atoms. The van der Waals surface area contributed by atoms with Gasteiger partial charge in [-0.25, -0.2) is 4.79 Å². The second kappa shape index (κ2) is 16.8. The van der Waals surface area contributed by atoms with Gasteiger partial charge in [-0.1, -0.05) is 68.7 Å². The van der Waals surface area contributed by atoms with E-state index in [0.717, 1.165) is 38.2 Å². The fourth-order valence-electron chi connectivity index (χ4n) is 6.18. The molecule has 1 heterocycles. The van der Waals surface area contributed by atoms with E-state index in [4.69, 9.17) is 9.47 Å². The summed E-state index contributed by atoms with van der Waals surface area (Å²) in [5.74, 6) is -2.41. The Morgan fingerprint density at radius 1 is 1.02 bits per heavy atom. The number of carbonyl (C=O) groups is 5. The predicted octanol–water partition coefficient (Wildman–Crippen LogP) is 4.41. The van der Waals surface area contributed by atoms with Crippen molar-refractivity contribution in [2.75, 3.05) is 7.11 Å². The van der Waals surface area contributed by atoms with Gasteiger partial charge in [0.25, 0.3) is 0 Å². The molecule has 2 amide bonds. The minimum absolute atomic E-state index is 0.0537. The van der Waals surface area contributed by atoms with Crippen molar-refractivity contribution in [3.8, 4) is 0 Å². The number of rotatable bonds is 5. The third-order valence-electron chi connectivity index (χ3n) is 9.43. The van der Waals surface area contributed by atoms with E-state index in [1.807, 2.05) is 19.1 Å². The quantitative estimate of drug-likeness (QED) is 0.226. The zero-order valence-electron chi connectivity index (χ0n) is 27.7. The number of amides is 2. The number of carbonyl (C=O) groups excluding carboxylic acids is 5. The fraction of sp³-hybridized carbons (Fsp3) is 0.541. The van der Waals surface area contributed by atoms with Crippen LogP contribution in [0.4, 0.5) is 0 Å². The van der Waals surface area contributed by atoms with Crippen molar-refractivity contribution >= 4 is 29.4 Å². The summed E-state index contributed by atoms with van der Waals surface area (Å²) in [5, 5.41) is 16.9. The van der Waals surface area contributed by atoms with E-state index in [0.29, 0.717) is 31.3 Å². The average Bonchev–Trinajstić information content (AvgIpc) is 3.84. The van der Waals surface area contributed by atoms with Crippen molar-refractivity contribution in [1.29, 1.82) is 0 Å². The molecule has 0 saturated heterocycles. The molecule has 2 bridgehead atoms. The minimum Gasteiger partial charge on any atom is -0.460 e. The maximum atomic E-state index is 13.5. The zero-order chi connectivity index (χ0) is 34.0. The number of methoxy groups -OCH3 is 1. The van der Waals surface area contributed by atoms with Gasteiger partial charge in [-0.3, -0.25) is 19.2 Å². The monoisotopic (exact) mass is 648 g/mol. The van der Waals surface area contributed by atoms with Gasteiger partial charge in [-0.05, 0) is 57.1 Å². The van der Waals surface area contributed by atoms with E-state index in [-0.39, 0.29) is 35.9 Å². The highest BCUT2D eigenvalue weighted by atomic mass is 16.5. The van der Waals surface area contributed by atoms with Crippen LogP contribution in [0.1, 0.15) is 84.5 Å². The predicted molar refractivity (Wildman–Crippen MR) is 176 cm³/mol. The fourth-order valence-corrected chi connectivity index (χ4v) is 6.18. The Hall–Kier alpha value is -3.89. The Morgan fingerprint density at radius 2 is 1.74 bits per heavy atom. The number of aliphatic hydroxyl groups excluding tert-OH is 1. The lowest BCUT2D eigenvalue weighted by molar-refractivity contribution is -0.158. The van der Waals surface area contributed by atoms with E-state index in [9.17, 15) is 29.1 Å². The summed E-state index contributed by atoms with van der Waals surface area (Å²) in [4.78, 5) is 64.6. The first kappa shape index (κ1) is 36.0. The van der Waals surface area contributed by atoms with Crippen LogP contribution in [-0.4, -0.2) is 65.4 Å². The summed E-state index contributed by atoms with van der Waals surface area (Å²) >= 11 is 0. The molecular weight excluding hydrogens is 600 g/mol. The van der Waals surface area contributed by atoms with E-state index in [2.05, 4.69) is 10.6 Å². The number of nitrogens with one attached hydrogen (secondary N) is 2. The van der Waals surface area contributed by atoms with Crippen LogP contribution in [0.5, 0.6) is 0 Å². The van der Waals surface area contributed by atoms with E-state index >= 15 is 0 Å². The first-order valence-corrected chi connectivity index (χ1v) is 16.7. The molecule has 0 aromatic heterocycles. The lowest BCUT2D eigenvalue weighted by atomic mass is 9.88. The smallest absolute Gasteiger partial charge is 0.332 e. The lowest BCUT2D eigenvalue weighted by Gasteiger charge is -2.30. The van der Waals surface area contributed by atoms with E-state index in [1.165, 1.54) is 13.2 Å². The molecule has 4 atom stereocenters. The highest BCUT2D eigenvalue weighted by Gasteiger charge is 2.54. The lowest BCUT2D eigenvalue weighted by Crippen LogP contribution is -2.48. The molecule has 4 rings (SSSR count). The van der Waals surface area contributed by atoms with Crippen LogP contribution >= 0.6 is 0 Å². The second-order valence-electron chi connectivity index (χ2n) is 13.1. The summed E-state index contributed by atoms with van der Waals surface area (Å²) in [6.45, 7) is 3.59. The van der Waals surface area contributed by atoms with Crippen LogP contribution in [0.25, 0.3) is 0 Å². The van der Waals surface area contributed by atoms with Crippen molar-refractivity contribution in [2.24, 2.45) is 11.8 Å². The number of aliphatic hydroxyl groups is 1.